The summed E-state index contributed by atoms with van der Waals surface area (Å²) in [6.45, 7) is 4.49. The maximum Gasteiger partial charge on any atom is 0.129 e. The predicted molar refractivity (Wildman–Crippen MR) is 67.8 cm³/mol. The molecule has 3 heteroatoms. The van der Waals surface area contributed by atoms with Crippen molar-refractivity contribution in [3.8, 4) is 0 Å². The smallest absolute Gasteiger partial charge is 0.129 e. The lowest BCUT2D eigenvalue weighted by atomic mass is 10.3. The van der Waals surface area contributed by atoms with Crippen molar-refractivity contribution >= 4 is 0 Å². The molecular weight excluding hydrogens is 214 g/mol. The van der Waals surface area contributed by atoms with E-state index < -0.39 is 0 Å². The second kappa shape index (κ2) is 6.82. The van der Waals surface area contributed by atoms with Gasteiger partial charge in [0, 0.05) is 12.6 Å². The van der Waals surface area contributed by atoms with E-state index in [1.165, 1.54) is 25.7 Å². The van der Waals surface area contributed by atoms with Crippen molar-refractivity contribution in [3.05, 3.63) is 23.7 Å². The Balaban J connectivity index is 1.59. The first-order valence-electron chi connectivity index (χ1n) is 6.77. The fraction of sp³-hybridized carbons (Fsp3) is 0.714. The van der Waals surface area contributed by atoms with Crippen LogP contribution in [0.15, 0.2) is 16.5 Å². The monoisotopic (exact) mass is 237 g/mol. The molecule has 3 nitrogen and oxygen atoms in total. The van der Waals surface area contributed by atoms with Crippen molar-refractivity contribution in [3.63, 3.8) is 0 Å². The summed E-state index contributed by atoms with van der Waals surface area (Å²) in [6.07, 6.45) is 6.26. The average molecular weight is 237 g/mol. The van der Waals surface area contributed by atoms with E-state index in [2.05, 4.69) is 12.2 Å². The molecule has 17 heavy (non-hydrogen) atoms. The molecule has 0 spiro atoms. The van der Waals surface area contributed by atoms with E-state index in [0.29, 0.717) is 6.61 Å². The Bertz CT molecular complexity index is 318. The molecule has 1 aliphatic rings. The molecule has 0 aliphatic heterocycles. The highest BCUT2D eigenvalue weighted by atomic mass is 16.5. The third kappa shape index (κ3) is 4.92. The van der Waals surface area contributed by atoms with Gasteiger partial charge in [0.15, 0.2) is 0 Å². The topological polar surface area (TPSA) is 34.4 Å². The maximum atomic E-state index is 5.68. The minimum atomic E-state index is 0.604. The average Bonchev–Trinajstić information content (AvgIpc) is 3.06. The molecule has 0 amide bonds. The van der Waals surface area contributed by atoms with Crippen molar-refractivity contribution in [1.82, 2.24) is 5.32 Å². The van der Waals surface area contributed by atoms with Crippen molar-refractivity contribution in [1.29, 1.82) is 0 Å². The Morgan fingerprint density at radius 3 is 2.88 bits per heavy atom. The normalized spacial score (nSPS) is 15.4. The number of rotatable bonds is 9. The fourth-order valence-corrected chi connectivity index (χ4v) is 1.75. The van der Waals surface area contributed by atoms with E-state index in [-0.39, 0.29) is 0 Å². The number of hydrogen-bond acceptors (Lipinski definition) is 3. The van der Waals surface area contributed by atoms with Crippen molar-refractivity contribution in [2.24, 2.45) is 0 Å². The second-order valence-corrected chi connectivity index (χ2v) is 4.78. The van der Waals surface area contributed by atoms with Gasteiger partial charge in [0.05, 0.1) is 6.54 Å². The van der Waals surface area contributed by atoms with Gasteiger partial charge in [-0.05, 0) is 31.4 Å². The summed E-state index contributed by atoms with van der Waals surface area (Å²) < 4.78 is 11.2. The maximum absolute atomic E-state index is 5.68. The number of unbranched alkanes of at least 4 members (excludes halogenated alkanes) is 2. The van der Waals surface area contributed by atoms with Crippen molar-refractivity contribution in [2.75, 3.05) is 6.61 Å². The molecule has 1 aromatic heterocycles. The molecule has 1 aliphatic carbocycles. The Morgan fingerprint density at radius 2 is 2.12 bits per heavy atom. The third-order valence-electron chi connectivity index (χ3n) is 3.00. The molecule has 0 saturated heterocycles. The first-order valence-corrected chi connectivity index (χ1v) is 6.77. The van der Waals surface area contributed by atoms with Crippen molar-refractivity contribution < 1.29 is 9.15 Å². The van der Waals surface area contributed by atoms with Gasteiger partial charge < -0.3 is 14.5 Å². The quantitative estimate of drug-likeness (QED) is 0.669. The van der Waals surface area contributed by atoms with Crippen LogP contribution < -0.4 is 5.32 Å². The summed E-state index contributed by atoms with van der Waals surface area (Å²) in [5.74, 6) is 1.96. The highest BCUT2D eigenvalue weighted by Gasteiger charge is 2.20. The zero-order valence-corrected chi connectivity index (χ0v) is 10.7. The predicted octanol–water partition coefficient (Wildman–Crippen LogP) is 3.24. The second-order valence-electron chi connectivity index (χ2n) is 4.78. The molecule has 2 rings (SSSR count). The summed E-state index contributed by atoms with van der Waals surface area (Å²) in [5.41, 5.74) is 0. The van der Waals surface area contributed by atoms with Gasteiger partial charge in [0.2, 0.25) is 0 Å². The Kier molecular flexibility index (Phi) is 5.08. The van der Waals surface area contributed by atoms with Crippen LogP contribution in [0.1, 0.15) is 50.5 Å². The summed E-state index contributed by atoms with van der Waals surface area (Å²) >= 11 is 0. The molecule has 1 N–H and O–H groups in total. The Labute approximate surface area is 104 Å². The lowest BCUT2D eigenvalue weighted by Gasteiger charge is -2.01. The standard InChI is InChI=1S/C14H23NO2/c1-2-3-4-9-16-11-14-8-7-13(17-14)10-15-12-5-6-12/h7-8,12,15H,2-6,9-11H2,1H3. The van der Waals surface area contributed by atoms with Crippen LogP contribution in [0.25, 0.3) is 0 Å². The molecule has 1 fully saturated rings. The third-order valence-corrected chi connectivity index (χ3v) is 3.00. The van der Waals surface area contributed by atoms with Gasteiger partial charge >= 0.3 is 0 Å². The molecule has 0 aromatic carbocycles. The largest absolute Gasteiger partial charge is 0.462 e. The zero-order chi connectivity index (χ0) is 11.9. The van der Waals surface area contributed by atoms with Gasteiger partial charge in [-0.25, -0.2) is 0 Å². The molecule has 0 bridgehead atoms. The Morgan fingerprint density at radius 1 is 1.29 bits per heavy atom. The van der Waals surface area contributed by atoms with Gasteiger partial charge in [-0.15, -0.1) is 0 Å². The number of hydrogen-bond donors (Lipinski definition) is 1. The molecule has 0 unspecified atom stereocenters. The van der Waals surface area contributed by atoms with Gasteiger partial charge in [-0.1, -0.05) is 19.8 Å². The van der Waals surface area contributed by atoms with Crippen LogP contribution in [0.5, 0.6) is 0 Å². The van der Waals surface area contributed by atoms with Gasteiger partial charge in [-0.3, -0.25) is 0 Å². The fourth-order valence-electron chi connectivity index (χ4n) is 1.75. The summed E-state index contributed by atoms with van der Waals surface area (Å²) in [6, 6.07) is 4.79. The molecule has 1 heterocycles. The van der Waals surface area contributed by atoms with Crippen molar-refractivity contribution in [2.45, 2.75) is 58.2 Å². The lowest BCUT2D eigenvalue weighted by Crippen LogP contribution is -2.14. The molecule has 1 aromatic rings. The van der Waals surface area contributed by atoms with E-state index in [1.54, 1.807) is 0 Å². The number of furan rings is 1. The van der Waals surface area contributed by atoms with E-state index in [1.807, 2.05) is 12.1 Å². The van der Waals surface area contributed by atoms with Crippen LogP contribution in [-0.4, -0.2) is 12.6 Å². The Hall–Kier alpha value is -0.800. The van der Waals surface area contributed by atoms with Crippen LogP contribution in [0.3, 0.4) is 0 Å². The van der Waals surface area contributed by atoms with Crippen LogP contribution in [0.4, 0.5) is 0 Å². The number of nitrogens with one attached hydrogen (secondary N) is 1. The zero-order valence-electron chi connectivity index (χ0n) is 10.7. The van der Waals surface area contributed by atoms with Crippen LogP contribution in [-0.2, 0) is 17.9 Å². The van der Waals surface area contributed by atoms with Crippen LogP contribution >= 0.6 is 0 Å². The highest BCUT2D eigenvalue weighted by Crippen LogP contribution is 2.19. The minimum absolute atomic E-state index is 0.604. The molecule has 0 atom stereocenters. The first kappa shape index (κ1) is 12.7. The minimum Gasteiger partial charge on any atom is -0.462 e. The van der Waals surface area contributed by atoms with Crippen LogP contribution in [0, 0.1) is 0 Å². The SMILES string of the molecule is CCCCCOCc1ccc(CNC2CC2)o1. The summed E-state index contributed by atoms with van der Waals surface area (Å²) in [5, 5.41) is 3.44. The van der Waals surface area contributed by atoms with E-state index in [9.17, 15) is 0 Å². The highest BCUT2D eigenvalue weighted by molar-refractivity contribution is 5.06. The van der Waals surface area contributed by atoms with E-state index in [4.69, 9.17) is 9.15 Å². The molecule has 0 radical (unpaired) electrons. The lowest BCUT2D eigenvalue weighted by molar-refractivity contribution is 0.102. The molecular formula is C14H23NO2. The molecule has 96 valence electrons. The van der Waals surface area contributed by atoms with Gasteiger partial charge in [0.1, 0.15) is 18.1 Å². The van der Waals surface area contributed by atoms with Gasteiger partial charge in [0.25, 0.3) is 0 Å². The summed E-state index contributed by atoms with van der Waals surface area (Å²) in [4.78, 5) is 0. The molecule has 1 saturated carbocycles. The first-order chi connectivity index (χ1) is 8.38. The van der Waals surface area contributed by atoms with E-state index >= 15 is 0 Å². The number of ether oxygens (including phenoxy) is 1. The van der Waals surface area contributed by atoms with Crippen LogP contribution in [0.2, 0.25) is 0 Å². The summed E-state index contributed by atoms with van der Waals surface area (Å²) in [7, 11) is 0. The van der Waals surface area contributed by atoms with Gasteiger partial charge in [-0.2, -0.15) is 0 Å². The van der Waals surface area contributed by atoms with E-state index in [0.717, 1.165) is 37.1 Å².